The van der Waals surface area contributed by atoms with Gasteiger partial charge in [-0.2, -0.15) is 0 Å². The molecule has 0 aromatic heterocycles. The van der Waals surface area contributed by atoms with E-state index in [1.54, 1.807) is 7.11 Å². The fourth-order valence-corrected chi connectivity index (χ4v) is 2.30. The molecule has 0 atom stereocenters. The molecule has 23 heavy (non-hydrogen) atoms. The molecular formula is C18H20N2O2S. The van der Waals surface area contributed by atoms with Crippen LogP contribution in [0.1, 0.15) is 11.1 Å². The summed E-state index contributed by atoms with van der Waals surface area (Å²) in [7, 11) is 3.48. The molecule has 1 amide bonds. The summed E-state index contributed by atoms with van der Waals surface area (Å²) in [5.41, 5.74) is 2.05. The minimum Gasteiger partial charge on any atom is -0.497 e. The predicted octanol–water partition coefficient (Wildman–Crippen LogP) is 2.77. The zero-order valence-electron chi connectivity index (χ0n) is 13.3. The first-order valence-electron chi connectivity index (χ1n) is 7.30. The standard InChI is InChI=1S/C18H20N2O2S/c1-20(13-15-6-4-3-5-7-15)18(23)19-17(21)12-14-8-10-16(22-2)11-9-14/h3-11H,12-13H2,1-2H3,(H,19,21,23). The molecule has 0 spiro atoms. The normalized spacial score (nSPS) is 10.0. The van der Waals surface area contributed by atoms with Crippen LogP contribution in [0.2, 0.25) is 0 Å². The SMILES string of the molecule is COc1ccc(CC(=O)NC(=S)N(C)Cc2ccccc2)cc1. The van der Waals surface area contributed by atoms with Gasteiger partial charge in [0.05, 0.1) is 13.5 Å². The van der Waals surface area contributed by atoms with Crippen molar-refractivity contribution in [2.45, 2.75) is 13.0 Å². The van der Waals surface area contributed by atoms with Gasteiger partial charge in [0.2, 0.25) is 5.91 Å². The monoisotopic (exact) mass is 328 g/mol. The Balaban J connectivity index is 1.84. The van der Waals surface area contributed by atoms with Crippen molar-refractivity contribution in [3.63, 3.8) is 0 Å². The Labute approximate surface area is 142 Å². The lowest BCUT2D eigenvalue weighted by Crippen LogP contribution is -2.40. The summed E-state index contributed by atoms with van der Waals surface area (Å²) in [6, 6.07) is 17.4. The zero-order valence-corrected chi connectivity index (χ0v) is 14.1. The molecule has 0 saturated carbocycles. The van der Waals surface area contributed by atoms with Crippen LogP contribution < -0.4 is 10.1 Å². The van der Waals surface area contributed by atoms with Crippen LogP contribution in [0, 0.1) is 0 Å². The summed E-state index contributed by atoms with van der Waals surface area (Å²) >= 11 is 5.28. The Morgan fingerprint density at radius 1 is 1.09 bits per heavy atom. The number of rotatable bonds is 5. The summed E-state index contributed by atoms with van der Waals surface area (Å²) in [5, 5.41) is 3.19. The highest BCUT2D eigenvalue weighted by Crippen LogP contribution is 2.11. The van der Waals surface area contributed by atoms with Crippen molar-refractivity contribution in [3.05, 3.63) is 65.7 Å². The summed E-state index contributed by atoms with van der Waals surface area (Å²) < 4.78 is 5.10. The molecule has 0 aliphatic rings. The number of methoxy groups -OCH3 is 1. The molecule has 0 heterocycles. The molecule has 2 aromatic carbocycles. The number of nitrogens with one attached hydrogen (secondary N) is 1. The van der Waals surface area contributed by atoms with Crippen LogP contribution in [0.5, 0.6) is 5.75 Å². The van der Waals surface area contributed by atoms with E-state index < -0.39 is 0 Å². The number of nitrogens with zero attached hydrogens (tertiary/aromatic N) is 1. The molecular weight excluding hydrogens is 308 g/mol. The van der Waals surface area contributed by atoms with Crippen LogP contribution in [0.15, 0.2) is 54.6 Å². The lowest BCUT2D eigenvalue weighted by atomic mass is 10.1. The van der Waals surface area contributed by atoms with Gasteiger partial charge in [-0.3, -0.25) is 4.79 Å². The van der Waals surface area contributed by atoms with Gasteiger partial charge in [0, 0.05) is 13.6 Å². The Morgan fingerprint density at radius 3 is 2.35 bits per heavy atom. The largest absolute Gasteiger partial charge is 0.497 e. The molecule has 0 unspecified atom stereocenters. The van der Waals surface area contributed by atoms with E-state index in [0.717, 1.165) is 16.9 Å². The fraction of sp³-hybridized carbons (Fsp3) is 0.222. The Hall–Kier alpha value is -2.40. The molecule has 0 bridgehead atoms. The average molecular weight is 328 g/mol. The minimum absolute atomic E-state index is 0.125. The second kappa shape index (κ2) is 8.29. The average Bonchev–Trinajstić information content (AvgIpc) is 2.56. The number of thiocarbonyl (C=S) groups is 1. The van der Waals surface area contributed by atoms with Crippen LogP contribution in [0.25, 0.3) is 0 Å². The van der Waals surface area contributed by atoms with Crippen LogP contribution in [0.4, 0.5) is 0 Å². The molecule has 0 aliphatic carbocycles. The van der Waals surface area contributed by atoms with E-state index >= 15 is 0 Å². The molecule has 0 fully saturated rings. The van der Waals surface area contributed by atoms with Gasteiger partial charge in [-0.25, -0.2) is 0 Å². The molecule has 0 saturated heterocycles. The highest BCUT2D eigenvalue weighted by atomic mass is 32.1. The zero-order chi connectivity index (χ0) is 16.7. The maximum Gasteiger partial charge on any atom is 0.230 e. The number of carbonyl (C=O) groups is 1. The van der Waals surface area contributed by atoms with Gasteiger partial charge < -0.3 is 15.0 Å². The van der Waals surface area contributed by atoms with Crippen molar-refractivity contribution in [2.75, 3.05) is 14.2 Å². The van der Waals surface area contributed by atoms with E-state index in [1.807, 2.05) is 66.5 Å². The van der Waals surface area contributed by atoms with E-state index in [2.05, 4.69) is 5.32 Å². The van der Waals surface area contributed by atoms with E-state index in [-0.39, 0.29) is 12.3 Å². The molecule has 2 rings (SSSR count). The number of benzene rings is 2. The quantitative estimate of drug-likeness (QED) is 0.857. The van der Waals surface area contributed by atoms with Gasteiger partial charge >= 0.3 is 0 Å². The Kier molecular flexibility index (Phi) is 6.11. The third kappa shape index (κ3) is 5.38. The van der Waals surface area contributed by atoms with E-state index in [0.29, 0.717) is 11.7 Å². The van der Waals surface area contributed by atoms with E-state index in [9.17, 15) is 4.79 Å². The fourth-order valence-electron chi connectivity index (χ4n) is 2.12. The molecule has 1 N–H and O–H groups in total. The molecule has 2 aromatic rings. The summed E-state index contributed by atoms with van der Waals surface area (Å²) in [6.45, 7) is 0.655. The van der Waals surface area contributed by atoms with E-state index in [1.165, 1.54) is 0 Å². The lowest BCUT2D eigenvalue weighted by Gasteiger charge is -2.20. The third-order valence-electron chi connectivity index (χ3n) is 3.38. The maximum absolute atomic E-state index is 12.1. The first-order chi connectivity index (χ1) is 11.1. The summed E-state index contributed by atoms with van der Waals surface area (Å²) in [6.07, 6.45) is 0.281. The maximum atomic E-state index is 12.1. The smallest absolute Gasteiger partial charge is 0.230 e. The van der Waals surface area contributed by atoms with Gasteiger partial charge in [0.15, 0.2) is 5.11 Å². The number of ether oxygens (including phenoxy) is 1. The van der Waals surface area contributed by atoms with Crippen LogP contribution in [0.3, 0.4) is 0 Å². The molecule has 4 nitrogen and oxygen atoms in total. The second-order valence-electron chi connectivity index (χ2n) is 5.22. The van der Waals surface area contributed by atoms with Crippen molar-refractivity contribution >= 4 is 23.2 Å². The number of hydrogen-bond acceptors (Lipinski definition) is 3. The van der Waals surface area contributed by atoms with Crippen LogP contribution in [-0.4, -0.2) is 30.1 Å². The summed E-state index contributed by atoms with van der Waals surface area (Å²) in [5.74, 6) is 0.646. The third-order valence-corrected chi connectivity index (χ3v) is 3.79. The number of amides is 1. The van der Waals surface area contributed by atoms with E-state index in [4.69, 9.17) is 17.0 Å². The van der Waals surface area contributed by atoms with Gasteiger partial charge in [-0.1, -0.05) is 42.5 Å². The Bertz CT molecular complexity index is 656. The Morgan fingerprint density at radius 2 is 1.74 bits per heavy atom. The molecule has 120 valence electrons. The number of hydrogen-bond donors (Lipinski definition) is 1. The van der Waals surface area contributed by atoms with Gasteiger partial charge in [0.25, 0.3) is 0 Å². The molecule has 5 heteroatoms. The van der Waals surface area contributed by atoms with Crippen LogP contribution >= 0.6 is 12.2 Å². The predicted molar refractivity (Wildman–Crippen MR) is 95.3 cm³/mol. The highest BCUT2D eigenvalue weighted by molar-refractivity contribution is 7.80. The number of carbonyl (C=O) groups excluding carboxylic acids is 1. The molecule has 0 aliphatic heterocycles. The van der Waals surface area contributed by atoms with Crippen molar-refractivity contribution < 1.29 is 9.53 Å². The lowest BCUT2D eigenvalue weighted by molar-refractivity contribution is -0.119. The first-order valence-corrected chi connectivity index (χ1v) is 7.71. The second-order valence-corrected chi connectivity index (χ2v) is 5.61. The molecule has 0 radical (unpaired) electrons. The highest BCUT2D eigenvalue weighted by Gasteiger charge is 2.10. The topological polar surface area (TPSA) is 41.6 Å². The summed E-state index contributed by atoms with van der Waals surface area (Å²) in [4.78, 5) is 13.9. The first kappa shape index (κ1) is 17.0. The van der Waals surface area contributed by atoms with Gasteiger partial charge in [0.1, 0.15) is 5.75 Å². The van der Waals surface area contributed by atoms with Crippen LogP contribution in [-0.2, 0) is 17.8 Å². The van der Waals surface area contributed by atoms with Crippen molar-refractivity contribution in [3.8, 4) is 5.75 Å². The minimum atomic E-state index is -0.125. The van der Waals surface area contributed by atoms with Crippen molar-refractivity contribution in [1.82, 2.24) is 10.2 Å². The van der Waals surface area contributed by atoms with Crippen molar-refractivity contribution in [1.29, 1.82) is 0 Å². The van der Waals surface area contributed by atoms with Gasteiger partial charge in [-0.15, -0.1) is 0 Å². The van der Waals surface area contributed by atoms with Crippen molar-refractivity contribution in [2.24, 2.45) is 0 Å². The van der Waals surface area contributed by atoms with Gasteiger partial charge in [-0.05, 0) is 35.5 Å².